The summed E-state index contributed by atoms with van der Waals surface area (Å²) in [5.41, 5.74) is 0.942. The van der Waals surface area contributed by atoms with Crippen LogP contribution >= 0.6 is 0 Å². The number of rotatable bonds is 8. The summed E-state index contributed by atoms with van der Waals surface area (Å²) < 4.78 is 32.8. The molecule has 176 valence electrons. The van der Waals surface area contributed by atoms with E-state index in [1.165, 1.54) is 30.9 Å². The number of amides is 1. The number of carbonyl (C=O) groups is 1. The number of nitrogens with one attached hydrogen (secondary N) is 2. The Morgan fingerprint density at radius 2 is 2.00 bits per heavy atom. The second-order valence-corrected chi connectivity index (χ2v) is 10.3. The van der Waals surface area contributed by atoms with Crippen LogP contribution in [-0.2, 0) is 23.6 Å². The van der Waals surface area contributed by atoms with Crippen molar-refractivity contribution in [3.8, 4) is 11.9 Å². The van der Waals surface area contributed by atoms with Crippen molar-refractivity contribution in [1.82, 2.24) is 24.8 Å². The van der Waals surface area contributed by atoms with E-state index in [2.05, 4.69) is 20.2 Å². The third kappa shape index (κ3) is 4.23. The molecule has 0 unspecified atom stereocenters. The van der Waals surface area contributed by atoms with Crippen molar-refractivity contribution in [2.45, 2.75) is 24.1 Å². The Morgan fingerprint density at radius 1 is 1.29 bits per heavy atom. The Kier molecular flexibility index (Phi) is 6.07. The number of carbonyl (C=O) groups excluding carboxylic acids is 1. The number of sulfonamides is 1. The van der Waals surface area contributed by atoms with Crippen LogP contribution < -0.4 is 20.3 Å². The second-order valence-electron chi connectivity index (χ2n) is 8.05. The van der Waals surface area contributed by atoms with Gasteiger partial charge in [-0.15, -0.1) is 5.10 Å². The van der Waals surface area contributed by atoms with Gasteiger partial charge in [0, 0.05) is 19.0 Å². The number of aromatic nitrogens is 3. The molecule has 0 spiro atoms. The Hall–Kier alpha value is -3.82. The summed E-state index contributed by atoms with van der Waals surface area (Å²) in [6.07, 6.45) is 2.31. The fourth-order valence-electron chi connectivity index (χ4n) is 3.60. The maximum absolute atomic E-state index is 12.9. The van der Waals surface area contributed by atoms with Gasteiger partial charge in [0.15, 0.2) is 0 Å². The van der Waals surface area contributed by atoms with E-state index < -0.39 is 26.2 Å². The highest BCUT2D eigenvalue weighted by molar-refractivity contribution is 7.91. The maximum atomic E-state index is 12.9. The summed E-state index contributed by atoms with van der Waals surface area (Å²) in [7, 11) is -0.708. The summed E-state index contributed by atoms with van der Waals surface area (Å²) in [6, 6.07) is 10.2. The first-order valence-corrected chi connectivity index (χ1v) is 11.9. The first-order chi connectivity index (χ1) is 16.2. The monoisotopic (exact) mass is 482 g/mol. The zero-order valence-electron chi connectivity index (χ0n) is 18.5. The van der Waals surface area contributed by atoms with Crippen molar-refractivity contribution in [2.75, 3.05) is 13.7 Å². The maximum Gasteiger partial charge on any atom is 0.263 e. The van der Waals surface area contributed by atoms with E-state index in [9.17, 15) is 18.0 Å². The number of nitrogens with zero attached hydrogens (tertiary/aromatic N) is 4. The molecule has 1 saturated carbocycles. The molecule has 0 radical (unpaired) electrons. The SMILES string of the molecule is CNS(=O)(=O)C1(COc2nncc3cc(C(=O)NCc4ccc(C#N)cc4)c(=O)n(C)c23)CC1. The molecule has 2 N–H and O–H groups in total. The predicted molar refractivity (Wildman–Crippen MR) is 123 cm³/mol. The molecule has 34 heavy (non-hydrogen) atoms. The highest BCUT2D eigenvalue weighted by atomic mass is 32.2. The smallest absolute Gasteiger partial charge is 0.263 e. The minimum atomic E-state index is -3.54. The average molecular weight is 483 g/mol. The number of ether oxygens (including phenoxy) is 1. The summed E-state index contributed by atoms with van der Waals surface area (Å²) in [5, 5.41) is 19.8. The molecule has 2 aromatic heterocycles. The van der Waals surface area contributed by atoms with E-state index >= 15 is 0 Å². The molecule has 1 fully saturated rings. The van der Waals surface area contributed by atoms with Gasteiger partial charge in [-0.25, -0.2) is 13.1 Å². The van der Waals surface area contributed by atoms with Crippen LogP contribution in [0.25, 0.3) is 10.9 Å². The minimum Gasteiger partial charge on any atom is -0.473 e. The van der Waals surface area contributed by atoms with Crippen LogP contribution in [0.3, 0.4) is 0 Å². The average Bonchev–Trinajstić information content (AvgIpc) is 3.65. The van der Waals surface area contributed by atoms with E-state index in [1.807, 2.05) is 6.07 Å². The largest absolute Gasteiger partial charge is 0.473 e. The van der Waals surface area contributed by atoms with Crippen LogP contribution in [0, 0.1) is 11.3 Å². The van der Waals surface area contributed by atoms with Crippen molar-refractivity contribution < 1.29 is 17.9 Å². The molecular weight excluding hydrogens is 460 g/mol. The van der Waals surface area contributed by atoms with E-state index in [4.69, 9.17) is 10.00 Å². The molecule has 0 aliphatic heterocycles. The Balaban J connectivity index is 1.58. The lowest BCUT2D eigenvalue weighted by Crippen LogP contribution is -2.38. The number of nitriles is 1. The molecule has 11 nitrogen and oxygen atoms in total. The van der Waals surface area contributed by atoms with Crippen molar-refractivity contribution in [1.29, 1.82) is 5.26 Å². The second kappa shape index (κ2) is 8.85. The van der Waals surface area contributed by atoms with Crippen molar-refractivity contribution >= 4 is 26.8 Å². The van der Waals surface area contributed by atoms with Gasteiger partial charge < -0.3 is 14.6 Å². The summed E-state index contributed by atoms with van der Waals surface area (Å²) in [6.45, 7) is 0.0433. The Labute approximate surface area is 195 Å². The molecule has 12 heteroatoms. The zero-order valence-corrected chi connectivity index (χ0v) is 19.3. The van der Waals surface area contributed by atoms with Gasteiger partial charge in [-0.05, 0) is 43.7 Å². The van der Waals surface area contributed by atoms with Gasteiger partial charge in [0.1, 0.15) is 22.4 Å². The van der Waals surface area contributed by atoms with Crippen molar-refractivity contribution in [3.05, 3.63) is 63.6 Å². The van der Waals surface area contributed by atoms with Crippen molar-refractivity contribution in [3.63, 3.8) is 0 Å². The summed E-state index contributed by atoms with van der Waals surface area (Å²) >= 11 is 0. The van der Waals surface area contributed by atoms with Gasteiger partial charge in [-0.1, -0.05) is 12.1 Å². The topological polar surface area (TPSA) is 156 Å². The number of benzene rings is 1. The Morgan fingerprint density at radius 3 is 2.62 bits per heavy atom. The van der Waals surface area contributed by atoms with Crippen LogP contribution in [0.15, 0.2) is 41.3 Å². The predicted octanol–water partition coefficient (Wildman–Crippen LogP) is 0.591. The molecule has 3 aromatic rings. The third-order valence-corrected chi connectivity index (χ3v) is 8.09. The molecule has 0 atom stereocenters. The number of fused-ring (bicyclic) bond motifs is 1. The highest BCUT2D eigenvalue weighted by Gasteiger charge is 2.55. The number of hydrogen-bond acceptors (Lipinski definition) is 8. The molecule has 2 heterocycles. The molecule has 1 aliphatic rings. The van der Waals surface area contributed by atoms with Gasteiger partial charge in [-0.2, -0.15) is 10.4 Å². The number of hydrogen-bond donors (Lipinski definition) is 2. The van der Waals surface area contributed by atoms with Crippen LogP contribution in [0.5, 0.6) is 5.88 Å². The van der Waals surface area contributed by atoms with E-state index in [1.54, 1.807) is 24.3 Å². The zero-order chi connectivity index (χ0) is 24.5. The third-order valence-electron chi connectivity index (χ3n) is 5.89. The summed E-state index contributed by atoms with van der Waals surface area (Å²) in [5.74, 6) is -0.553. The standard InChI is InChI=1S/C22H22N6O5S/c1-24-34(31,32)22(7-8-22)13-33-20-18-16(12-26-27-20)9-17(21(30)28(18)2)19(29)25-11-15-5-3-14(10-23)4-6-15/h3-6,9,12,24H,7-8,11,13H2,1-2H3,(H,25,29). The molecule has 1 aliphatic carbocycles. The normalized spacial score (nSPS) is 14.4. The number of aryl methyl sites for hydroxylation is 1. The van der Waals surface area contributed by atoms with Gasteiger partial charge in [0.05, 0.1) is 17.8 Å². The molecule has 1 aromatic carbocycles. The Bertz CT molecular complexity index is 1470. The lowest BCUT2D eigenvalue weighted by molar-refractivity contribution is 0.0949. The van der Waals surface area contributed by atoms with Crippen LogP contribution in [0.2, 0.25) is 0 Å². The van der Waals surface area contributed by atoms with Crippen LogP contribution in [0.4, 0.5) is 0 Å². The fraction of sp³-hybridized carbons (Fsp3) is 0.318. The minimum absolute atomic E-state index is 0.0132. The van der Waals surface area contributed by atoms with E-state index in [0.29, 0.717) is 29.3 Å². The van der Waals surface area contributed by atoms with Gasteiger partial charge >= 0.3 is 0 Å². The summed E-state index contributed by atoms with van der Waals surface area (Å²) in [4.78, 5) is 25.7. The molecule has 0 bridgehead atoms. The van der Waals surface area contributed by atoms with Crippen LogP contribution in [0.1, 0.15) is 34.3 Å². The van der Waals surface area contributed by atoms with Crippen LogP contribution in [-0.4, -0.2) is 47.5 Å². The molecular formula is C22H22N6O5S. The first-order valence-electron chi connectivity index (χ1n) is 10.4. The molecule has 4 rings (SSSR count). The van der Waals surface area contributed by atoms with Gasteiger partial charge in [-0.3, -0.25) is 9.59 Å². The lowest BCUT2D eigenvalue weighted by Gasteiger charge is -2.17. The number of pyridine rings is 1. The van der Waals surface area contributed by atoms with Gasteiger partial charge in [0.2, 0.25) is 10.0 Å². The highest BCUT2D eigenvalue weighted by Crippen LogP contribution is 2.43. The lowest BCUT2D eigenvalue weighted by atomic mass is 10.1. The molecule has 1 amide bonds. The van der Waals surface area contributed by atoms with E-state index in [0.717, 1.165) is 5.56 Å². The fourth-order valence-corrected chi connectivity index (χ4v) is 4.89. The van der Waals surface area contributed by atoms with Crippen molar-refractivity contribution in [2.24, 2.45) is 7.05 Å². The molecule has 0 saturated heterocycles. The first kappa shape index (κ1) is 23.3. The van der Waals surface area contributed by atoms with Gasteiger partial charge in [0.25, 0.3) is 17.3 Å². The van der Waals surface area contributed by atoms with E-state index in [-0.39, 0.29) is 24.6 Å². The quantitative estimate of drug-likeness (QED) is 0.472.